The first-order chi connectivity index (χ1) is 33.4. The Balaban J connectivity index is 1.18. The second-order valence-corrected chi connectivity index (χ2v) is 21.2. The van der Waals surface area contributed by atoms with E-state index in [1.54, 1.807) is 0 Å². The zero-order valence-corrected chi connectivity index (χ0v) is 43.0. The van der Waals surface area contributed by atoms with Crippen molar-refractivity contribution < 1.29 is 59.3 Å². The van der Waals surface area contributed by atoms with Gasteiger partial charge in [-0.25, -0.2) is 4.79 Å². The van der Waals surface area contributed by atoms with Crippen molar-refractivity contribution in [3.05, 3.63) is 0 Å². The maximum Gasteiger partial charge on any atom is 0.315 e. The van der Waals surface area contributed by atoms with Crippen LogP contribution in [0.1, 0.15) is 200 Å². The highest BCUT2D eigenvalue weighted by Crippen LogP contribution is 2.33. The van der Waals surface area contributed by atoms with Gasteiger partial charge in [-0.3, -0.25) is 14.4 Å². The molecule has 0 spiro atoms. The largest absolute Gasteiger partial charge is 0.394 e. The van der Waals surface area contributed by atoms with E-state index in [0.29, 0.717) is 44.0 Å². The van der Waals surface area contributed by atoms with Crippen molar-refractivity contribution >= 4 is 35.5 Å². The zero-order chi connectivity index (χ0) is 50.1. The van der Waals surface area contributed by atoms with Crippen molar-refractivity contribution in [3.63, 3.8) is 0 Å². The topological polar surface area (TPSA) is 268 Å². The summed E-state index contributed by atoms with van der Waals surface area (Å²) in [5.74, 6) is 0.777. The van der Waals surface area contributed by atoms with E-state index in [9.17, 15) is 49.8 Å². The van der Waals surface area contributed by atoms with Crippen molar-refractivity contribution in [2.75, 3.05) is 32.1 Å². The first-order valence-electron chi connectivity index (χ1n) is 27.2. The maximum absolute atomic E-state index is 13.1. The molecule has 0 bridgehead atoms. The van der Waals surface area contributed by atoms with E-state index in [-0.39, 0.29) is 48.9 Å². The molecule has 11 N–H and O–H groups in total. The number of thioether (sulfide) groups is 1. The van der Waals surface area contributed by atoms with Crippen LogP contribution in [0.5, 0.6) is 0 Å². The third-order valence-corrected chi connectivity index (χ3v) is 15.4. The van der Waals surface area contributed by atoms with Crippen LogP contribution in [0.15, 0.2) is 0 Å². The number of rotatable bonds is 42. The second kappa shape index (κ2) is 37.5. The summed E-state index contributed by atoms with van der Waals surface area (Å²) in [6, 6.07) is -0.667. The Labute approximate surface area is 417 Å². The number of unbranched alkanes of at least 4 members (excludes halogenated alkanes) is 21. The summed E-state index contributed by atoms with van der Waals surface area (Å²) in [6.07, 6.45) is 18.7. The number of hydrogen-bond acceptors (Lipinski definition) is 13. The van der Waals surface area contributed by atoms with Gasteiger partial charge in [0.1, 0.15) is 30.5 Å². The van der Waals surface area contributed by atoms with Crippen molar-refractivity contribution in [2.24, 2.45) is 0 Å². The van der Waals surface area contributed by atoms with E-state index >= 15 is 0 Å². The summed E-state index contributed by atoms with van der Waals surface area (Å²) in [5, 5.41) is 77.7. The number of urea groups is 1. The Hall–Kier alpha value is -2.29. The lowest BCUT2D eigenvalue weighted by molar-refractivity contribution is -0.303. The van der Waals surface area contributed by atoms with Crippen molar-refractivity contribution in [1.82, 2.24) is 26.6 Å². The van der Waals surface area contributed by atoms with Crippen LogP contribution in [0.25, 0.3) is 0 Å². The highest BCUT2D eigenvalue weighted by molar-refractivity contribution is 8.00. The van der Waals surface area contributed by atoms with E-state index in [0.717, 1.165) is 115 Å². The highest BCUT2D eigenvalue weighted by atomic mass is 32.2. The van der Waals surface area contributed by atoms with Crippen LogP contribution in [0, 0.1) is 0 Å². The molecular formula is C51H95N5O12S. The molecule has 3 heterocycles. The summed E-state index contributed by atoms with van der Waals surface area (Å²) in [6.45, 7) is 2.55. The van der Waals surface area contributed by atoms with E-state index in [1.807, 2.05) is 11.8 Å². The molecule has 3 fully saturated rings. The SMILES string of the molecule is CCCCCCCCCCCCCC[C@@H](O)[C@@H](O)[C@H](CO[C@@H]1O[C@H](CO)[C@H](O)[C@H](O)[C@H]1O)NC(=O)CCCCCCCCCCNC(=O)CCCCCNC(=O)CCCC[C@@H]1SC[C@@H]2NC(=O)N[C@@H]21. The minimum absolute atomic E-state index is 0.0657. The van der Waals surface area contributed by atoms with Gasteiger partial charge in [0.15, 0.2) is 6.29 Å². The van der Waals surface area contributed by atoms with Gasteiger partial charge in [-0.15, -0.1) is 0 Å². The summed E-state index contributed by atoms with van der Waals surface area (Å²) < 4.78 is 11.2. The van der Waals surface area contributed by atoms with Gasteiger partial charge in [-0.1, -0.05) is 135 Å². The Morgan fingerprint density at radius 2 is 1.17 bits per heavy atom. The van der Waals surface area contributed by atoms with Gasteiger partial charge in [0.25, 0.3) is 0 Å². The molecular weight excluding hydrogens is 907 g/mol. The van der Waals surface area contributed by atoms with Crippen LogP contribution in [0.4, 0.5) is 4.79 Å². The molecule has 69 heavy (non-hydrogen) atoms. The van der Waals surface area contributed by atoms with Gasteiger partial charge in [0, 0.05) is 43.4 Å². The van der Waals surface area contributed by atoms with Crippen LogP contribution in [-0.4, -0.2) is 153 Å². The summed E-state index contributed by atoms with van der Waals surface area (Å²) in [5.41, 5.74) is 0. The smallest absolute Gasteiger partial charge is 0.315 e. The Bertz CT molecular complexity index is 1390. The minimum atomic E-state index is -1.63. The molecule has 17 nitrogen and oxygen atoms in total. The Kier molecular flexibility index (Phi) is 33.1. The average Bonchev–Trinajstić information content (AvgIpc) is 3.90. The number of nitrogens with one attached hydrogen (secondary N) is 5. The molecule has 0 aromatic carbocycles. The van der Waals surface area contributed by atoms with E-state index in [2.05, 4.69) is 33.5 Å². The molecule has 3 aliphatic rings. The summed E-state index contributed by atoms with van der Waals surface area (Å²) in [7, 11) is 0. The van der Waals surface area contributed by atoms with Crippen LogP contribution in [-0.2, 0) is 23.9 Å². The molecule has 0 aromatic rings. The molecule has 0 aromatic heterocycles. The average molecular weight is 1000 g/mol. The minimum Gasteiger partial charge on any atom is -0.394 e. The zero-order valence-electron chi connectivity index (χ0n) is 42.1. The van der Waals surface area contributed by atoms with Crippen LogP contribution in [0.2, 0.25) is 0 Å². The van der Waals surface area contributed by atoms with Crippen LogP contribution < -0.4 is 26.6 Å². The molecule has 3 rings (SSSR count). The van der Waals surface area contributed by atoms with Crippen molar-refractivity contribution in [3.8, 4) is 0 Å². The molecule has 5 amide bonds. The van der Waals surface area contributed by atoms with Gasteiger partial charge in [0.2, 0.25) is 17.7 Å². The molecule has 402 valence electrons. The molecule has 0 radical (unpaired) electrons. The second-order valence-electron chi connectivity index (χ2n) is 19.9. The van der Waals surface area contributed by atoms with Gasteiger partial charge in [-0.2, -0.15) is 11.8 Å². The van der Waals surface area contributed by atoms with Gasteiger partial charge in [-0.05, 0) is 44.9 Å². The molecule has 0 saturated carbocycles. The predicted octanol–water partition coefficient (Wildman–Crippen LogP) is 5.13. The lowest BCUT2D eigenvalue weighted by Gasteiger charge is -2.40. The van der Waals surface area contributed by atoms with Crippen molar-refractivity contribution in [2.45, 2.75) is 266 Å². The monoisotopic (exact) mass is 1000 g/mol. The molecule has 3 saturated heterocycles. The summed E-state index contributed by atoms with van der Waals surface area (Å²) >= 11 is 1.90. The number of aliphatic hydroxyl groups excluding tert-OH is 6. The van der Waals surface area contributed by atoms with Crippen LogP contribution in [0.3, 0.4) is 0 Å². The number of carbonyl (C=O) groups is 4. The van der Waals surface area contributed by atoms with Crippen molar-refractivity contribution in [1.29, 1.82) is 0 Å². The van der Waals surface area contributed by atoms with Gasteiger partial charge < -0.3 is 66.7 Å². The van der Waals surface area contributed by atoms with Gasteiger partial charge >= 0.3 is 6.03 Å². The first kappa shape index (κ1) is 61.0. The fourth-order valence-electron chi connectivity index (χ4n) is 9.51. The van der Waals surface area contributed by atoms with Gasteiger partial charge in [0.05, 0.1) is 37.4 Å². The molecule has 11 atom stereocenters. The summed E-state index contributed by atoms with van der Waals surface area (Å²) in [4.78, 5) is 49.1. The van der Waals surface area contributed by atoms with E-state index < -0.39 is 55.6 Å². The standard InChI is InChI=1S/C51H95N5O12S/c1-2-3-4-5-6-7-8-9-10-13-16-20-27-39(58)46(62)37(35-67-50-49(65)48(64)47(63)40(34-57)68-50)54-44(61)31-21-17-14-11-12-15-18-25-32-52-42(59)29-22-19-26-33-53-43(60)30-24-23-28-41-45-38(36-69-41)55-51(66)56-45/h37-41,45-50,57-58,62-65H,2-36H2,1H3,(H,52,59)(H,53,60)(H,54,61)(H2,55,56,66)/t37-,38-,39+,40+,41-,45-,46-,47-,48-,49+,50+/m0/s1. The lowest BCUT2D eigenvalue weighted by atomic mass is 9.98. The molecule has 3 aliphatic heterocycles. The number of aliphatic hydroxyl groups is 6. The third-order valence-electron chi connectivity index (χ3n) is 13.9. The number of amides is 5. The third kappa shape index (κ3) is 25.8. The molecule has 18 heteroatoms. The Morgan fingerprint density at radius 3 is 1.75 bits per heavy atom. The van der Waals surface area contributed by atoms with E-state index in [4.69, 9.17) is 9.47 Å². The predicted molar refractivity (Wildman–Crippen MR) is 269 cm³/mol. The fourth-order valence-corrected chi connectivity index (χ4v) is 11.1. The number of fused-ring (bicyclic) bond motifs is 1. The fraction of sp³-hybridized carbons (Fsp3) is 0.922. The van der Waals surface area contributed by atoms with Crippen LogP contribution >= 0.6 is 11.8 Å². The molecule has 0 unspecified atom stereocenters. The Morgan fingerprint density at radius 1 is 0.667 bits per heavy atom. The molecule has 0 aliphatic carbocycles. The number of hydrogen-bond donors (Lipinski definition) is 11. The normalized spacial score (nSPS) is 24.5. The number of carbonyl (C=O) groups excluding carboxylic acids is 4. The van der Waals surface area contributed by atoms with E-state index in [1.165, 1.54) is 51.4 Å². The quantitative estimate of drug-likeness (QED) is 0.0280. The first-order valence-corrected chi connectivity index (χ1v) is 28.3. The maximum atomic E-state index is 13.1. The highest BCUT2D eigenvalue weighted by Gasteiger charge is 2.45. The lowest BCUT2D eigenvalue weighted by Crippen LogP contribution is -2.60. The number of ether oxygens (including phenoxy) is 2.